The number of hydrogen-bond acceptors (Lipinski definition) is 4. The average Bonchev–Trinajstić information content (AvgIpc) is 2.94. The molecule has 7 heteroatoms. The molecule has 1 atom stereocenters. The second-order valence-electron chi connectivity index (χ2n) is 11.0. The predicted molar refractivity (Wildman–Crippen MR) is 155 cm³/mol. The van der Waals surface area contributed by atoms with Gasteiger partial charge < -0.3 is 4.90 Å². The zero-order valence-corrected chi connectivity index (χ0v) is 24.0. The summed E-state index contributed by atoms with van der Waals surface area (Å²) < 4.78 is 28.9. The highest BCUT2D eigenvalue weighted by atomic mass is 32.2. The summed E-state index contributed by atoms with van der Waals surface area (Å²) in [4.78, 5) is 18.4. The van der Waals surface area contributed by atoms with E-state index in [4.69, 9.17) is 0 Å². The summed E-state index contributed by atoms with van der Waals surface area (Å²) in [7, 11) is -3.66. The van der Waals surface area contributed by atoms with Crippen molar-refractivity contribution in [2.45, 2.75) is 44.6 Å². The van der Waals surface area contributed by atoms with Crippen molar-refractivity contribution in [2.75, 3.05) is 39.3 Å². The predicted octanol–water partition coefficient (Wildman–Crippen LogP) is 4.95. The van der Waals surface area contributed by atoms with Crippen LogP contribution in [0, 0.1) is 26.7 Å². The lowest BCUT2D eigenvalue weighted by molar-refractivity contribution is -0.138. The van der Waals surface area contributed by atoms with E-state index in [-0.39, 0.29) is 24.4 Å². The molecule has 2 aliphatic heterocycles. The lowest BCUT2D eigenvalue weighted by Gasteiger charge is -2.41. The summed E-state index contributed by atoms with van der Waals surface area (Å²) in [6.45, 7) is 9.26. The summed E-state index contributed by atoms with van der Waals surface area (Å²) in [5.74, 6) is -0.215. The molecule has 0 spiro atoms. The molecular weight excluding hydrogens is 506 g/mol. The van der Waals surface area contributed by atoms with Crippen LogP contribution < -0.4 is 0 Å². The number of carbonyl (C=O) groups is 1. The van der Waals surface area contributed by atoms with Crippen LogP contribution in [-0.4, -0.2) is 67.7 Å². The van der Waals surface area contributed by atoms with Gasteiger partial charge in [0.25, 0.3) is 0 Å². The summed E-state index contributed by atoms with van der Waals surface area (Å²) >= 11 is 0. The third-order valence-electron chi connectivity index (χ3n) is 8.16. The van der Waals surface area contributed by atoms with Crippen molar-refractivity contribution in [2.24, 2.45) is 5.92 Å². The second-order valence-corrected chi connectivity index (χ2v) is 12.9. The van der Waals surface area contributed by atoms with Crippen LogP contribution in [0.4, 0.5) is 0 Å². The van der Waals surface area contributed by atoms with Gasteiger partial charge in [0.05, 0.1) is 16.9 Å². The fourth-order valence-corrected chi connectivity index (χ4v) is 8.34. The van der Waals surface area contributed by atoms with E-state index in [1.54, 1.807) is 4.31 Å². The maximum absolute atomic E-state index is 13.7. The minimum absolute atomic E-state index is 0.0860. The smallest absolute Gasteiger partial charge is 0.243 e. The van der Waals surface area contributed by atoms with E-state index in [9.17, 15) is 13.2 Å². The Kier molecular flexibility index (Phi) is 8.21. The van der Waals surface area contributed by atoms with Gasteiger partial charge in [0.15, 0.2) is 0 Å². The molecule has 1 amide bonds. The first-order valence-corrected chi connectivity index (χ1v) is 15.4. The largest absolute Gasteiger partial charge is 0.340 e. The SMILES string of the molecule is Cc1cc(C)c(S(=O)(=O)N2CCC[C@H](C(=O)N3CCN(C(c4ccccc4)c4ccccc4)CC3)C2)c(C)c1. The third kappa shape index (κ3) is 5.81. The molecule has 0 aromatic heterocycles. The van der Waals surface area contributed by atoms with Crippen LogP contribution in [0.1, 0.15) is 46.7 Å². The lowest BCUT2D eigenvalue weighted by atomic mass is 9.95. The Morgan fingerprint density at radius 2 is 1.33 bits per heavy atom. The van der Waals surface area contributed by atoms with Gasteiger partial charge in [-0.1, -0.05) is 78.4 Å². The molecular formula is C32H39N3O3S. The molecule has 2 fully saturated rings. The van der Waals surface area contributed by atoms with Crippen molar-refractivity contribution >= 4 is 15.9 Å². The number of aryl methyl sites for hydroxylation is 3. The molecule has 3 aromatic carbocycles. The maximum Gasteiger partial charge on any atom is 0.243 e. The van der Waals surface area contributed by atoms with Gasteiger partial charge in [-0.15, -0.1) is 0 Å². The van der Waals surface area contributed by atoms with Crippen molar-refractivity contribution in [1.82, 2.24) is 14.1 Å². The molecule has 39 heavy (non-hydrogen) atoms. The summed E-state index contributed by atoms with van der Waals surface area (Å²) in [6, 6.07) is 25.0. The minimum atomic E-state index is -3.66. The standard InChI is InChI=1S/C32H39N3O3S/c1-24-21-25(2)31(26(3)22-24)39(37,38)35-16-10-15-29(23-35)32(36)34-19-17-33(18-20-34)30(27-11-6-4-7-12-27)28-13-8-5-9-14-28/h4-9,11-14,21-22,29-30H,10,15-20,23H2,1-3H3/t29-/m0/s1. The number of piperidine rings is 1. The molecule has 6 nitrogen and oxygen atoms in total. The Morgan fingerprint density at radius 3 is 1.87 bits per heavy atom. The molecule has 2 heterocycles. The summed E-state index contributed by atoms with van der Waals surface area (Å²) in [5.41, 5.74) is 5.08. The van der Waals surface area contributed by atoms with E-state index in [2.05, 4.69) is 53.4 Å². The summed E-state index contributed by atoms with van der Waals surface area (Å²) in [5, 5.41) is 0. The number of amides is 1. The first-order valence-electron chi connectivity index (χ1n) is 14.0. The van der Waals surface area contributed by atoms with Crippen molar-refractivity contribution in [3.8, 4) is 0 Å². The van der Waals surface area contributed by atoms with Gasteiger partial charge in [0.2, 0.25) is 15.9 Å². The van der Waals surface area contributed by atoms with Gasteiger partial charge in [-0.05, 0) is 55.9 Å². The monoisotopic (exact) mass is 545 g/mol. The number of sulfonamides is 1. The van der Waals surface area contributed by atoms with Gasteiger partial charge >= 0.3 is 0 Å². The molecule has 0 saturated carbocycles. The number of carbonyl (C=O) groups excluding carboxylic acids is 1. The Bertz CT molecular complexity index is 1340. The number of hydrogen-bond donors (Lipinski definition) is 0. The number of piperazine rings is 1. The maximum atomic E-state index is 13.7. The Morgan fingerprint density at radius 1 is 0.795 bits per heavy atom. The number of rotatable bonds is 6. The quantitative estimate of drug-likeness (QED) is 0.440. The Balaban J connectivity index is 1.27. The van der Waals surface area contributed by atoms with Crippen molar-refractivity contribution in [3.63, 3.8) is 0 Å². The topological polar surface area (TPSA) is 60.9 Å². The highest BCUT2D eigenvalue weighted by Crippen LogP contribution is 2.32. The molecule has 206 valence electrons. The molecule has 3 aromatic rings. The molecule has 0 N–H and O–H groups in total. The fraction of sp³-hybridized carbons (Fsp3) is 0.406. The molecule has 2 saturated heterocycles. The molecule has 0 aliphatic carbocycles. The third-order valence-corrected chi connectivity index (χ3v) is 10.3. The van der Waals surface area contributed by atoms with Crippen LogP contribution in [0.25, 0.3) is 0 Å². The molecule has 0 radical (unpaired) electrons. The van der Waals surface area contributed by atoms with Crippen molar-refractivity contribution in [3.05, 3.63) is 101 Å². The van der Waals surface area contributed by atoms with Crippen LogP contribution in [0.5, 0.6) is 0 Å². The van der Waals surface area contributed by atoms with E-state index in [1.165, 1.54) is 11.1 Å². The van der Waals surface area contributed by atoms with Gasteiger partial charge in [-0.25, -0.2) is 8.42 Å². The fourth-order valence-electron chi connectivity index (χ4n) is 6.41. The van der Waals surface area contributed by atoms with E-state index < -0.39 is 10.0 Å². The highest BCUT2D eigenvalue weighted by Gasteiger charge is 2.37. The normalized spacial score (nSPS) is 19.4. The van der Waals surface area contributed by atoms with Crippen LogP contribution in [-0.2, 0) is 14.8 Å². The van der Waals surface area contributed by atoms with E-state index in [0.717, 1.165) is 36.2 Å². The first kappa shape index (κ1) is 27.6. The van der Waals surface area contributed by atoms with Gasteiger partial charge in [-0.3, -0.25) is 9.69 Å². The Hall–Kier alpha value is -3.00. The molecule has 2 aliphatic rings. The van der Waals surface area contributed by atoms with Crippen molar-refractivity contribution in [1.29, 1.82) is 0 Å². The molecule has 0 bridgehead atoms. The van der Waals surface area contributed by atoms with E-state index >= 15 is 0 Å². The lowest BCUT2D eigenvalue weighted by Crippen LogP contribution is -2.53. The number of nitrogens with zero attached hydrogens (tertiary/aromatic N) is 3. The van der Waals surface area contributed by atoms with Crippen LogP contribution >= 0.6 is 0 Å². The van der Waals surface area contributed by atoms with Gasteiger partial charge in [-0.2, -0.15) is 4.31 Å². The van der Waals surface area contributed by atoms with Gasteiger partial charge in [0.1, 0.15) is 0 Å². The zero-order valence-electron chi connectivity index (χ0n) is 23.2. The zero-order chi connectivity index (χ0) is 27.6. The second kappa shape index (κ2) is 11.6. The highest BCUT2D eigenvalue weighted by molar-refractivity contribution is 7.89. The van der Waals surface area contributed by atoms with Crippen LogP contribution in [0.2, 0.25) is 0 Å². The average molecular weight is 546 g/mol. The van der Waals surface area contributed by atoms with Crippen molar-refractivity contribution < 1.29 is 13.2 Å². The van der Waals surface area contributed by atoms with Gasteiger partial charge in [0, 0.05) is 39.3 Å². The number of benzene rings is 3. The molecule has 0 unspecified atom stereocenters. The Labute approximate surface area is 233 Å². The van der Waals surface area contributed by atoms with E-state index in [0.29, 0.717) is 31.0 Å². The van der Waals surface area contributed by atoms with E-state index in [1.807, 2.05) is 49.9 Å². The first-order chi connectivity index (χ1) is 18.8. The minimum Gasteiger partial charge on any atom is -0.340 e. The van der Waals surface area contributed by atoms with Crippen LogP contribution in [0.15, 0.2) is 77.7 Å². The summed E-state index contributed by atoms with van der Waals surface area (Å²) in [6.07, 6.45) is 1.43. The van der Waals surface area contributed by atoms with Crippen LogP contribution in [0.3, 0.4) is 0 Å². The molecule has 5 rings (SSSR count).